The van der Waals surface area contributed by atoms with Gasteiger partial charge in [-0.15, -0.1) is 0 Å². The van der Waals surface area contributed by atoms with Gasteiger partial charge in [-0.05, 0) is 38.0 Å². The molecular formula is C13H15ClN2O2. The van der Waals surface area contributed by atoms with Crippen LogP contribution in [-0.2, 0) is 4.79 Å². The number of anilines is 1. The summed E-state index contributed by atoms with van der Waals surface area (Å²) < 4.78 is 0. The van der Waals surface area contributed by atoms with Crippen LogP contribution in [-0.4, -0.2) is 23.3 Å². The first-order valence-electron chi connectivity index (χ1n) is 5.80. The first-order valence-corrected chi connectivity index (χ1v) is 6.18. The van der Waals surface area contributed by atoms with Gasteiger partial charge in [-0.1, -0.05) is 17.7 Å². The molecule has 1 aliphatic heterocycles. The zero-order chi connectivity index (χ0) is 13.3. The number of aryl methyl sites for hydroxylation is 1. The second-order valence-corrected chi connectivity index (χ2v) is 4.82. The van der Waals surface area contributed by atoms with Crippen LogP contribution in [0.2, 0.25) is 5.02 Å². The molecule has 18 heavy (non-hydrogen) atoms. The second-order valence-electron chi connectivity index (χ2n) is 4.39. The number of hydrogen-bond donors (Lipinski definition) is 1. The van der Waals surface area contributed by atoms with Gasteiger partial charge in [-0.25, -0.2) is 0 Å². The number of amides is 1. The average molecular weight is 267 g/mol. The zero-order valence-electron chi connectivity index (χ0n) is 10.4. The predicted octanol–water partition coefficient (Wildman–Crippen LogP) is 2.37. The molecule has 0 aromatic heterocycles. The number of nitrogens with zero attached hydrogens (tertiary/aromatic N) is 2. The molecule has 96 valence electrons. The van der Waals surface area contributed by atoms with E-state index < -0.39 is 0 Å². The average Bonchev–Trinajstić information content (AvgIpc) is 2.61. The van der Waals surface area contributed by atoms with Crippen LogP contribution in [0.15, 0.2) is 23.3 Å². The van der Waals surface area contributed by atoms with Gasteiger partial charge in [0.1, 0.15) is 0 Å². The van der Waals surface area contributed by atoms with Crippen molar-refractivity contribution in [2.24, 2.45) is 11.0 Å². The summed E-state index contributed by atoms with van der Waals surface area (Å²) in [6.07, 6.45) is 0.407. The number of halogens is 1. The summed E-state index contributed by atoms with van der Waals surface area (Å²) in [5, 5.41) is 15.2. The summed E-state index contributed by atoms with van der Waals surface area (Å²) in [7, 11) is 0. The molecular weight excluding hydrogens is 252 g/mol. The minimum Gasteiger partial charge on any atom is -0.396 e. The van der Waals surface area contributed by atoms with E-state index in [-0.39, 0.29) is 18.4 Å². The van der Waals surface area contributed by atoms with Gasteiger partial charge in [0, 0.05) is 17.3 Å². The molecule has 1 atom stereocenters. The highest BCUT2D eigenvalue weighted by Gasteiger charge is 2.34. The fourth-order valence-corrected chi connectivity index (χ4v) is 2.21. The van der Waals surface area contributed by atoms with Gasteiger partial charge in [-0.3, -0.25) is 4.79 Å². The van der Waals surface area contributed by atoms with Crippen molar-refractivity contribution < 1.29 is 9.90 Å². The smallest absolute Gasteiger partial charge is 0.256 e. The van der Waals surface area contributed by atoms with Gasteiger partial charge in [0.2, 0.25) is 0 Å². The Balaban J connectivity index is 2.36. The number of aliphatic hydroxyl groups is 1. The first kappa shape index (κ1) is 13.1. The lowest BCUT2D eigenvalue weighted by molar-refractivity contribution is -0.120. The Morgan fingerprint density at radius 1 is 1.44 bits per heavy atom. The third kappa shape index (κ3) is 2.26. The fraction of sp³-hybridized carbons (Fsp3) is 0.385. The third-order valence-electron chi connectivity index (χ3n) is 3.09. The van der Waals surface area contributed by atoms with E-state index in [1.54, 1.807) is 19.1 Å². The summed E-state index contributed by atoms with van der Waals surface area (Å²) in [5.74, 6) is -0.430. The summed E-state index contributed by atoms with van der Waals surface area (Å²) in [5.41, 5.74) is 2.37. The number of benzene rings is 1. The van der Waals surface area contributed by atoms with Crippen molar-refractivity contribution in [1.82, 2.24) is 0 Å². The van der Waals surface area contributed by atoms with Crippen LogP contribution in [0.4, 0.5) is 5.69 Å². The van der Waals surface area contributed by atoms with Crippen molar-refractivity contribution in [3.8, 4) is 0 Å². The minimum atomic E-state index is -0.326. The Hall–Kier alpha value is -1.39. The van der Waals surface area contributed by atoms with E-state index >= 15 is 0 Å². The van der Waals surface area contributed by atoms with E-state index in [1.807, 2.05) is 13.0 Å². The van der Waals surface area contributed by atoms with Gasteiger partial charge in [0.05, 0.1) is 11.6 Å². The van der Waals surface area contributed by atoms with Crippen LogP contribution in [0.1, 0.15) is 18.9 Å². The number of hydrazone groups is 1. The highest BCUT2D eigenvalue weighted by Crippen LogP contribution is 2.30. The van der Waals surface area contributed by atoms with Crippen molar-refractivity contribution in [2.45, 2.75) is 20.3 Å². The molecule has 1 heterocycles. The van der Waals surface area contributed by atoms with Crippen LogP contribution in [0.3, 0.4) is 0 Å². The fourth-order valence-electron chi connectivity index (χ4n) is 2.05. The quantitative estimate of drug-likeness (QED) is 0.913. The van der Waals surface area contributed by atoms with Crippen molar-refractivity contribution in [3.63, 3.8) is 0 Å². The summed E-state index contributed by atoms with van der Waals surface area (Å²) in [6.45, 7) is 3.69. The Kier molecular flexibility index (Phi) is 3.68. The SMILES string of the molecule is CC1=NN(c2cc(Cl)ccc2C)C(=O)C1CCO. The van der Waals surface area contributed by atoms with Gasteiger partial charge >= 0.3 is 0 Å². The van der Waals surface area contributed by atoms with Crippen molar-refractivity contribution in [2.75, 3.05) is 11.6 Å². The predicted molar refractivity (Wildman–Crippen MR) is 72.0 cm³/mol. The largest absolute Gasteiger partial charge is 0.396 e. The van der Waals surface area contributed by atoms with E-state index in [1.165, 1.54) is 5.01 Å². The topological polar surface area (TPSA) is 52.9 Å². The molecule has 1 N–H and O–H groups in total. The molecule has 0 bridgehead atoms. The molecule has 0 fully saturated rings. The van der Waals surface area contributed by atoms with Crippen LogP contribution >= 0.6 is 11.6 Å². The summed E-state index contributed by atoms with van der Waals surface area (Å²) in [4.78, 5) is 12.2. The standard InChI is InChI=1S/C13H15ClN2O2/c1-8-3-4-10(14)7-12(8)16-13(18)11(5-6-17)9(2)15-16/h3-4,7,11,17H,5-6H2,1-2H3. The van der Waals surface area contributed by atoms with Crippen LogP contribution < -0.4 is 5.01 Å². The molecule has 0 aliphatic carbocycles. The second kappa shape index (κ2) is 5.08. The van der Waals surface area contributed by atoms with Gasteiger partial charge in [0.15, 0.2) is 0 Å². The minimum absolute atomic E-state index is 0.0222. The Morgan fingerprint density at radius 3 is 2.83 bits per heavy atom. The number of carbonyl (C=O) groups is 1. The molecule has 1 aromatic carbocycles. The molecule has 4 nitrogen and oxygen atoms in total. The number of aliphatic hydroxyl groups excluding tert-OH is 1. The lowest BCUT2D eigenvalue weighted by Crippen LogP contribution is -2.28. The van der Waals surface area contributed by atoms with E-state index in [0.717, 1.165) is 11.3 Å². The molecule has 1 amide bonds. The highest BCUT2D eigenvalue weighted by molar-refractivity contribution is 6.31. The Morgan fingerprint density at radius 2 is 2.17 bits per heavy atom. The van der Waals surface area contributed by atoms with Crippen molar-refractivity contribution in [3.05, 3.63) is 28.8 Å². The maximum atomic E-state index is 12.2. The van der Waals surface area contributed by atoms with Crippen molar-refractivity contribution >= 4 is 28.9 Å². The van der Waals surface area contributed by atoms with Gasteiger partial charge in [-0.2, -0.15) is 10.1 Å². The molecule has 2 rings (SSSR count). The van der Waals surface area contributed by atoms with Crippen LogP contribution in [0.25, 0.3) is 0 Å². The number of carbonyl (C=O) groups excluding carboxylic acids is 1. The lowest BCUT2D eigenvalue weighted by atomic mass is 10.0. The molecule has 1 aromatic rings. The van der Waals surface area contributed by atoms with E-state index in [2.05, 4.69) is 5.10 Å². The maximum absolute atomic E-state index is 12.2. The molecule has 0 spiro atoms. The molecule has 0 saturated carbocycles. The zero-order valence-corrected chi connectivity index (χ0v) is 11.1. The molecule has 0 saturated heterocycles. The number of rotatable bonds is 3. The maximum Gasteiger partial charge on any atom is 0.256 e. The molecule has 5 heteroatoms. The highest BCUT2D eigenvalue weighted by atomic mass is 35.5. The Labute approximate surface area is 111 Å². The number of hydrogen-bond acceptors (Lipinski definition) is 3. The van der Waals surface area contributed by atoms with Gasteiger partial charge in [0.25, 0.3) is 5.91 Å². The van der Waals surface area contributed by atoms with E-state index in [0.29, 0.717) is 17.1 Å². The molecule has 1 aliphatic rings. The normalized spacial score (nSPS) is 19.3. The lowest BCUT2D eigenvalue weighted by Gasteiger charge is -2.16. The summed E-state index contributed by atoms with van der Waals surface area (Å²) >= 11 is 5.95. The van der Waals surface area contributed by atoms with Gasteiger partial charge < -0.3 is 5.11 Å². The molecule has 1 unspecified atom stereocenters. The van der Waals surface area contributed by atoms with Crippen LogP contribution in [0, 0.1) is 12.8 Å². The van der Waals surface area contributed by atoms with Crippen LogP contribution in [0.5, 0.6) is 0 Å². The first-order chi connectivity index (χ1) is 8.54. The molecule has 0 radical (unpaired) electrons. The monoisotopic (exact) mass is 266 g/mol. The Bertz CT molecular complexity index is 514. The van der Waals surface area contributed by atoms with Crippen molar-refractivity contribution in [1.29, 1.82) is 0 Å². The summed E-state index contributed by atoms with van der Waals surface area (Å²) in [6, 6.07) is 5.37. The van der Waals surface area contributed by atoms with E-state index in [4.69, 9.17) is 16.7 Å². The van der Waals surface area contributed by atoms with E-state index in [9.17, 15) is 4.79 Å². The third-order valence-corrected chi connectivity index (χ3v) is 3.32.